The summed E-state index contributed by atoms with van der Waals surface area (Å²) < 4.78 is 33.5. The van der Waals surface area contributed by atoms with Crippen LogP contribution in [0.3, 0.4) is 0 Å². The van der Waals surface area contributed by atoms with Gasteiger partial charge in [-0.3, -0.25) is 9.36 Å². The fourth-order valence-corrected chi connectivity index (χ4v) is 5.97. The highest BCUT2D eigenvalue weighted by Gasteiger charge is 2.21. The lowest BCUT2D eigenvalue weighted by atomic mass is 10.1. The van der Waals surface area contributed by atoms with Crippen LogP contribution in [0.15, 0.2) is 85.1 Å². The molecule has 0 N–H and O–H groups in total. The zero-order valence-electron chi connectivity index (χ0n) is 35.8. The van der Waals surface area contributed by atoms with Gasteiger partial charge in [-0.2, -0.15) is 0 Å². The van der Waals surface area contributed by atoms with Gasteiger partial charge in [-0.05, 0) is 44.9 Å². The maximum Gasteiger partial charge on any atom is 0.331 e. The molecule has 0 fully saturated rings. The summed E-state index contributed by atoms with van der Waals surface area (Å²) in [5.74, 6) is -1.17. The minimum atomic E-state index is -4.67. The van der Waals surface area contributed by atoms with Crippen molar-refractivity contribution in [2.24, 2.45) is 0 Å². The molecule has 0 heterocycles. The fourth-order valence-electron chi connectivity index (χ4n) is 5.24. The Kier molecular flexibility index (Phi) is 35.9. The third-order valence-corrected chi connectivity index (χ3v) is 9.59. The van der Waals surface area contributed by atoms with Crippen LogP contribution < -0.4 is 4.89 Å². The maximum absolute atomic E-state index is 12.5. The van der Waals surface area contributed by atoms with E-state index in [9.17, 15) is 19.0 Å². The number of phosphoric ester groups is 1. The summed E-state index contributed by atoms with van der Waals surface area (Å²) in [6, 6.07) is 0. The first-order valence-corrected chi connectivity index (χ1v) is 22.9. The van der Waals surface area contributed by atoms with E-state index in [0.717, 1.165) is 44.9 Å². The fraction of sp³-hybridized carbons (Fsp3) is 0.652. The monoisotopic (exact) mass is 804 g/mol. The van der Waals surface area contributed by atoms with Crippen molar-refractivity contribution >= 4 is 19.8 Å². The van der Waals surface area contributed by atoms with E-state index in [0.29, 0.717) is 17.4 Å². The Hall–Kier alpha value is -2.81. The zero-order valence-corrected chi connectivity index (χ0v) is 36.7. The highest BCUT2D eigenvalue weighted by atomic mass is 31.2. The van der Waals surface area contributed by atoms with E-state index in [-0.39, 0.29) is 19.6 Å². The van der Waals surface area contributed by atoms with E-state index in [1.54, 1.807) is 12.2 Å². The average Bonchev–Trinajstić information content (AvgIpc) is 3.15. The van der Waals surface area contributed by atoms with Crippen molar-refractivity contribution in [3.63, 3.8) is 0 Å². The van der Waals surface area contributed by atoms with E-state index < -0.39 is 32.5 Å². The molecule has 0 spiro atoms. The number of hydrogen-bond donors (Lipinski definition) is 0. The Morgan fingerprint density at radius 3 is 1.61 bits per heavy atom. The van der Waals surface area contributed by atoms with Gasteiger partial charge in [-0.15, -0.1) is 0 Å². The van der Waals surface area contributed by atoms with Gasteiger partial charge < -0.3 is 27.9 Å². The summed E-state index contributed by atoms with van der Waals surface area (Å²) in [4.78, 5) is 37.3. The predicted octanol–water partition coefficient (Wildman–Crippen LogP) is 11.4. The quantitative estimate of drug-likeness (QED) is 0.0116. The Morgan fingerprint density at radius 2 is 1.05 bits per heavy atom. The zero-order chi connectivity index (χ0) is 41.4. The second-order valence-corrected chi connectivity index (χ2v) is 16.6. The molecule has 56 heavy (non-hydrogen) atoms. The molecular weight excluding hydrogens is 725 g/mol. The number of carbonyl (C=O) groups excluding carboxylic acids is 2. The molecule has 0 aromatic heterocycles. The second-order valence-electron chi connectivity index (χ2n) is 15.2. The van der Waals surface area contributed by atoms with Crippen LogP contribution in [0.1, 0.15) is 142 Å². The highest BCUT2D eigenvalue weighted by Crippen LogP contribution is 2.38. The van der Waals surface area contributed by atoms with Crippen molar-refractivity contribution in [2.45, 2.75) is 148 Å². The number of allylic oxidation sites excluding steroid dienone is 13. The van der Waals surface area contributed by atoms with Crippen LogP contribution in [0.5, 0.6) is 0 Å². The van der Waals surface area contributed by atoms with Gasteiger partial charge in [0, 0.05) is 12.5 Å². The largest absolute Gasteiger partial charge is 0.756 e. The molecule has 10 heteroatoms. The number of rotatable bonds is 37. The second kappa shape index (κ2) is 37.7. The molecule has 0 rings (SSSR count). The number of ether oxygens (including phenoxy) is 2. The van der Waals surface area contributed by atoms with E-state index in [4.69, 9.17) is 18.5 Å². The van der Waals surface area contributed by atoms with Crippen LogP contribution in [0, 0.1) is 0 Å². The molecule has 0 amide bonds. The molecule has 0 aliphatic heterocycles. The van der Waals surface area contributed by atoms with E-state index in [1.807, 2.05) is 57.6 Å². The van der Waals surface area contributed by atoms with Gasteiger partial charge in [-0.25, -0.2) is 4.79 Å². The van der Waals surface area contributed by atoms with Crippen LogP contribution in [-0.2, 0) is 32.7 Å². The first-order chi connectivity index (χ1) is 27.0. The number of likely N-dealkylation sites (N-methyl/N-ethyl adjacent to an activating group) is 1. The number of quaternary nitrogens is 1. The van der Waals surface area contributed by atoms with Crippen LogP contribution in [0.4, 0.5) is 0 Å². The number of hydrogen-bond acceptors (Lipinski definition) is 8. The Balaban J connectivity index is 4.67. The summed E-state index contributed by atoms with van der Waals surface area (Å²) in [7, 11) is 1.06. The molecule has 0 radical (unpaired) electrons. The van der Waals surface area contributed by atoms with Crippen molar-refractivity contribution in [3.05, 3.63) is 85.1 Å². The molecule has 0 aromatic carbocycles. The van der Waals surface area contributed by atoms with Gasteiger partial charge in [0.15, 0.2) is 6.10 Å². The van der Waals surface area contributed by atoms with Crippen LogP contribution >= 0.6 is 7.82 Å². The summed E-state index contributed by atoms with van der Waals surface area (Å²) in [6.07, 6.45) is 48.3. The first kappa shape index (κ1) is 53.2. The van der Waals surface area contributed by atoms with Gasteiger partial charge in [-0.1, -0.05) is 170 Å². The minimum Gasteiger partial charge on any atom is -0.756 e. The molecule has 1 unspecified atom stereocenters. The number of nitrogens with zero attached hydrogens (tertiary/aromatic N) is 1. The molecule has 0 aromatic rings. The van der Waals surface area contributed by atoms with Crippen LogP contribution in [-0.4, -0.2) is 70.0 Å². The number of carbonyl (C=O) groups is 2. The van der Waals surface area contributed by atoms with Gasteiger partial charge >= 0.3 is 11.9 Å². The molecule has 0 bridgehead atoms. The number of phosphoric acid groups is 1. The normalized spacial score (nSPS) is 14.5. The molecule has 320 valence electrons. The van der Waals surface area contributed by atoms with E-state index >= 15 is 0 Å². The molecule has 0 aliphatic rings. The molecule has 9 nitrogen and oxygen atoms in total. The third-order valence-electron chi connectivity index (χ3n) is 8.63. The lowest BCUT2D eigenvalue weighted by Gasteiger charge is -2.28. The average molecular weight is 804 g/mol. The third kappa shape index (κ3) is 40.8. The Bertz CT molecular complexity index is 1230. The van der Waals surface area contributed by atoms with Crippen molar-refractivity contribution < 1.29 is 42.1 Å². The maximum atomic E-state index is 12.5. The van der Waals surface area contributed by atoms with E-state index in [2.05, 4.69) is 38.2 Å². The summed E-state index contributed by atoms with van der Waals surface area (Å²) in [6.45, 7) is 3.97. The van der Waals surface area contributed by atoms with Gasteiger partial charge in [0.05, 0.1) is 27.7 Å². The number of unbranched alkanes of at least 4 members (excludes halogenated alkanes) is 16. The SMILES string of the molecule is CCCCCC/C=C\CCCCCCCC(=O)OC[C@H](COP(=O)([O-])OCC[N+](C)(C)C)OC(=O)C=CC=CC=CC=CC=CC=CCCCCCCCCC. The smallest absolute Gasteiger partial charge is 0.331 e. The van der Waals surface area contributed by atoms with Gasteiger partial charge in [0.25, 0.3) is 7.82 Å². The summed E-state index contributed by atoms with van der Waals surface area (Å²) in [5, 5.41) is 0. The molecular formula is C46H78NO8P. The van der Waals surface area contributed by atoms with Crippen LogP contribution in [0.2, 0.25) is 0 Å². The van der Waals surface area contributed by atoms with Crippen molar-refractivity contribution in [1.82, 2.24) is 0 Å². The number of esters is 2. The Morgan fingerprint density at radius 1 is 0.589 bits per heavy atom. The van der Waals surface area contributed by atoms with Crippen LogP contribution in [0.25, 0.3) is 0 Å². The predicted molar refractivity (Wildman–Crippen MR) is 231 cm³/mol. The standard InChI is InChI=1S/C46H78NO8P/c1-6-8-10-12-14-16-18-20-21-22-23-24-25-27-29-31-33-35-37-39-46(49)55-44(43-54-56(50,51)53-41-40-47(3,4)5)42-52-45(48)38-36-34-32-30-28-26-19-17-15-13-11-9-7-2/h17,19,21-25,27,29,31,33,35,37,39,44H,6-16,18,20,26,28,30,32,34,36,38,40-43H2,1-5H3/b19-17-,22-21?,24-23?,27-25?,31-29?,35-33?,39-37?/t44-/m1/s1. The highest BCUT2D eigenvalue weighted by molar-refractivity contribution is 7.45. The minimum absolute atomic E-state index is 0.0632. The molecule has 0 saturated heterocycles. The van der Waals surface area contributed by atoms with E-state index in [1.165, 1.54) is 82.8 Å². The van der Waals surface area contributed by atoms with Crippen molar-refractivity contribution in [3.8, 4) is 0 Å². The first-order valence-electron chi connectivity index (χ1n) is 21.4. The Labute approximate surface area is 341 Å². The summed E-state index contributed by atoms with van der Waals surface area (Å²) in [5.41, 5.74) is 0. The van der Waals surface area contributed by atoms with Gasteiger partial charge in [0.2, 0.25) is 0 Å². The lowest BCUT2D eigenvalue weighted by molar-refractivity contribution is -0.870. The molecule has 2 atom stereocenters. The topological polar surface area (TPSA) is 111 Å². The summed E-state index contributed by atoms with van der Waals surface area (Å²) >= 11 is 0. The van der Waals surface area contributed by atoms with Crippen molar-refractivity contribution in [1.29, 1.82) is 0 Å². The lowest BCUT2D eigenvalue weighted by Crippen LogP contribution is -2.37. The molecule has 0 aliphatic carbocycles. The van der Waals surface area contributed by atoms with Gasteiger partial charge in [0.1, 0.15) is 19.8 Å². The molecule has 0 saturated carbocycles. The van der Waals surface area contributed by atoms with Crippen molar-refractivity contribution in [2.75, 3.05) is 47.5 Å².